The van der Waals surface area contributed by atoms with Crippen LogP contribution in [0.25, 0.3) is 0 Å². The third kappa shape index (κ3) is 3.19. The van der Waals surface area contributed by atoms with E-state index in [0.29, 0.717) is 13.0 Å². The molecule has 2 aliphatic rings. The Morgan fingerprint density at radius 3 is 2.88 bits per heavy atom. The molecule has 2 rings (SSSR count). The summed E-state index contributed by atoms with van der Waals surface area (Å²) in [6, 6.07) is -0.143. The number of amides is 1. The van der Waals surface area contributed by atoms with Gasteiger partial charge < -0.3 is 10.2 Å². The number of sulfone groups is 1. The van der Waals surface area contributed by atoms with Gasteiger partial charge in [-0.15, -0.1) is 0 Å². The second kappa shape index (κ2) is 4.94. The topological polar surface area (TPSA) is 66.5 Å². The molecule has 2 fully saturated rings. The van der Waals surface area contributed by atoms with Crippen LogP contribution in [0, 0.1) is 5.92 Å². The van der Waals surface area contributed by atoms with Crippen molar-refractivity contribution in [1.82, 2.24) is 10.2 Å². The molecule has 0 aromatic heterocycles. The van der Waals surface area contributed by atoms with Crippen molar-refractivity contribution in [3.63, 3.8) is 0 Å². The maximum atomic E-state index is 12.0. The molecule has 2 atom stereocenters. The molecule has 0 radical (unpaired) electrons. The van der Waals surface area contributed by atoms with Gasteiger partial charge in [0.15, 0.2) is 9.84 Å². The molecule has 2 aliphatic heterocycles. The molecular formula is C11H20N2O3S. The third-order valence-corrected chi connectivity index (χ3v) is 5.38. The first-order valence-corrected chi connectivity index (χ1v) is 8.03. The summed E-state index contributed by atoms with van der Waals surface area (Å²) in [4.78, 5) is 13.8. The van der Waals surface area contributed by atoms with Crippen LogP contribution in [0.2, 0.25) is 0 Å². The molecule has 0 saturated carbocycles. The monoisotopic (exact) mass is 260 g/mol. The highest BCUT2D eigenvalue weighted by Gasteiger charge is 2.32. The van der Waals surface area contributed by atoms with Gasteiger partial charge in [-0.05, 0) is 32.2 Å². The van der Waals surface area contributed by atoms with Crippen molar-refractivity contribution in [2.75, 3.05) is 31.1 Å². The summed E-state index contributed by atoms with van der Waals surface area (Å²) < 4.78 is 22.8. The first kappa shape index (κ1) is 12.8. The third-order valence-electron chi connectivity index (χ3n) is 3.54. The lowest BCUT2D eigenvalue weighted by Crippen LogP contribution is -2.43. The highest BCUT2D eigenvalue weighted by molar-refractivity contribution is 7.91. The van der Waals surface area contributed by atoms with E-state index < -0.39 is 9.84 Å². The molecule has 6 heteroatoms. The molecule has 0 bridgehead atoms. The van der Waals surface area contributed by atoms with Crippen molar-refractivity contribution >= 4 is 15.7 Å². The van der Waals surface area contributed by atoms with Crippen LogP contribution in [0.4, 0.5) is 0 Å². The van der Waals surface area contributed by atoms with Gasteiger partial charge in [0, 0.05) is 13.1 Å². The Balaban J connectivity index is 1.96. The van der Waals surface area contributed by atoms with Crippen LogP contribution in [-0.2, 0) is 14.6 Å². The number of rotatable bonds is 2. The van der Waals surface area contributed by atoms with Gasteiger partial charge in [0.1, 0.15) is 0 Å². The Kier molecular flexibility index (Phi) is 3.73. The van der Waals surface area contributed by atoms with Crippen LogP contribution in [0.1, 0.15) is 19.8 Å². The van der Waals surface area contributed by atoms with E-state index in [1.54, 1.807) is 0 Å². The van der Waals surface area contributed by atoms with Crippen molar-refractivity contribution in [2.45, 2.75) is 25.8 Å². The Labute approximate surface area is 102 Å². The molecule has 2 heterocycles. The van der Waals surface area contributed by atoms with Crippen LogP contribution < -0.4 is 5.32 Å². The Hall–Kier alpha value is -0.620. The molecule has 5 nitrogen and oxygen atoms in total. The number of hydrogen-bond acceptors (Lipinski definition) is 4. The SMILES string of the molecule is CC1NCCCN(CC2CCS(=O)(=O)C2)C1=O. The maximum Gasteiger partial charge on any atom is 0.239 e. The summed E-state index contributed by atoms with van der Waals surface area (Å²) in [7, 11) is -2.84. The van der Waals surface area contributed by atoms with Crippen LogP contribution in [0.3, 0.4) is 0 Å². The smallest absolute Gasteiger partial charge is 0.239 e. The Morgan fingerprint density at radius 1 is 1.47 bits per heavy atom. The molecule has 2 unspecified atom stereocenters. The van der Waals surface area contributed by atoms with Crippen LogP contribution >= 0.6 is 0 Å². The molecule has 0 aromatic carbocycles. The minimum Gasteiger partial charge on any atom is -0.341 e. The van der Waals surface area contributed by atoms with E-state index in [2.05, 4.69) is 5.32 Å². The molecule has 2 saturated heterocycles. The number of carbonyl (C=O) groups excluding carboxylic acids is 1. The van der Waals surface area contributed by atoms with E-state index in [9.17, 15) is 13.2 Å². The summed E-state index contributed by atoms with van der Waals surface area (Å²) in [5, 5.41) is 3.16. The molecular weight excluding hydrogens is 240 g/mol. The fourth-order valence-corrected chi connectivity index (χ4v) is 4.42. The van der Waals surface area contributed by atoms with Crippen molar-refractivity contribution in [3.8, 4) is 0 Å². The van der Waals surface area contributed by atoms with Gasteiger partial charge in [0.2, 0.25) is 5.91 Å². The lowest BCUT2D eigenvalue weighted by atomic mass is 10.1. The zero-order valence-corrected chi connectivity index (χ0v) is 11.0. The number of nitrogens with one attached hydrogen (secondary N) is 1. The molecule has 98 valence electrons. The standard InChI is InChI=1S/C11H20N2O3S/c1-9-11(14)13(5-2-4-12-9)7-10-3-6-17(15,16)8-10/h9-10,12H,2-8H2,1H3. The minimum absolute atomic E-state index is 0.104. The molecule has 0 aromatic rings. The lowest BCUT2D eigenvalue weighted by molar-refractivity contribution is -0.132. The van der Waals surface area contributed by atoms with Gasteiger partial charge in [-0.2, -0.15) is 0 Å². The van der Waals surface area contributed by atoms with E-state index in [1.807, 2.05) is 11.8 Å². The zero-order chi connectivity index (χ0) is 12.5. The predicted octanol–water partition coefficient (Wildman–Crippen LogP) is -0.368. The van der Waals surface area contributed by atoms with Gasteiger partial charge >= 0.3 is 0 Å². The maximum absolute atomic E-state index is 12.0. The number of nitrogens with zero attached hydrogens (tertiary/aromatic N) is 1. The normalized spacial score (nSPS) is 33.7. The second-order valence-electron chi connectivity index (χ2n) is 5.08. The van der Waals surface area contributed by atoms with Crippen molar-refractivity contribution < 1.29 is 13.2 Å². The predicted molar refractivity (Wildman–Crippen MR) is 65.4 cm³/mol. The van der Waals surface area contributed by atoms with Crippen LogP contribution in [0.15, 0.2) is 0 Å². The molecule has 1 N–H and O–H groups in total. The molecule has 1 amide bonds. The lowest BCUT2D eigenvalue weighted by Gasteiger charge is -2.25. The number of carbonyl (C=O) groups is 1. The first-order chi connectivity index (χ1) is 7.98. The molecule has 17 heavy (non-hydrogen) atoms. The van der Waals surface area contributed by atoms with Crippen LogP contribution in [0.5, 0.6) is 0 Å². The highest BCUT2D eigenvalue weighted by Crippen LogP contribution is 2.20. The summed E-state index contributed by atoms with van der Waals surface area (Å²) in [6.45, 7) is 4.06. The van der Waals surface area contributed by atoms with Gasteiger partial charge in [0.05, 0.1) is 17.5 Å². The van der Waals surface area contributed by atoms with Gasteiger partial charge in [-0.1, -0.05) is 0 Å². The van der Waals surface area contributed by atoms with E-state index >= 15 is 0 Å². The summed E-state index contributed by atoms with van der Waals surface area (Å²) >= 11 is 0. The zero-order valence-electron chi connectivity index (χ0n) is 10.2. The summed E-state index contributed by atoms with van der Waals surface area (Å²) in [5.41, 5.74) is 0. The van der Waals surface area contributed by atoms with E-state index in [1.165, 1.54) is 0 Å². The molecule has 0 spiro atoms. The Bertz CT molecular complexity index is 394. The van der Waals surface area contributed by atoms with E-state index in [4.69, 9.17) is 0 Å². The first-order valence-electron chi connectivity index (χ1n) is 6.20. The largest absolute Gasteiger partial charge is 0.341 e. The van der Waals surface area contributed by atoms with Crippen molar-refractivity contribution in [1.29, 1.82) is 0 Å². The second-order valence-corrected chi connectivity index (χ2v) is 7.31. The van der Waals surface area contributed by atoms with E-state index in [0.717, 1.165) is 19.5 Å². The minimum atomic E-state index is -2.84. The fraction of sp³-hybridized carbons (Fsp3) is 0.909. The fourth-order valence-electron chi connectivity index (χ4n) is 2.57. The van der Waals surface area contributed by atoms with Crippen molar-refractivity contribution in [2.24, 2.45) is 5.92 Å². The van der Waals surface area contributed by atoms with Gasteiger partial charge in [-0.3, -0.25) is 4.79 Å². The number of hydrogen-bond donors (Lipinski definition) is 1. The molecule has 0 aliphatic carbocycles. The van der Waals surface area contributed by atoms with Crippen LogP contribution in [-0.4, -0.2) is 56.4 Å². The average molecular weight is 260 g/mol. The summed E-state index contributed by atoms with van der Waals surface area (Å²) in [6.07, 6.45) is 1.64. The Morgan fingerprint density at radius 2 is 2.24 bits per heavy atom. The van der Waals surface area contributed by atoms with Gasteiger partial charge in [-0.25, -0.2) is 8.42 Å². The average Bonchev–Trinajstić information content (AvgIpc) is 2.52. The quantitative estimate of drug-likeness (QED) is 0.736. The highest BCUT2D eigenvalue weighted by atomic mass is 32.2. The van der Waals surface area contributed by atoms with E-state index in [-0.39, 0.29) is 29.4 Å². The summed E-state index contributed by atoms with van der Waals surface area (Å²) in [5.74, 6) is 0.771. The van der Waals surface area contributed by atoms with Crippen molar-refractivity contribution in [3.05, 3.63) is 0 Å². The van der Waals surface area contributed by atoms with Gasteiger partial charge in [0.25, 0.3) is 0 Å².